The maximum atomic E-state index is 6.27. The quantitative estimate of drug-likeness (QED) is 0.903. The van der Waals surface area contributed by atoms with Gasteiger partial charge in [-0.05, 0) is 44.0 Å². The predicted octanol–water partition coefficient (Wildman–Crippen LogP) is 2.83. The molecular formula is C14H18ClN3. The Hall–Kier alpha value is -1.06. The third-order valence-corrected chi connectivity index (χ3v) is 4.06. The number of hydrogen-bond donors (Lipinski definition) is 1. The van der Waals surface area contributed by atoms with Gasteiger partial charge in [-0.15, -0.1) is 0 Å². The number of nitrogens with one attached hydrogen (secondary N) is 1. The minimum absolute atomic E-state index is 0.570. The summed E-state index contributed by atoms with van der Waals surface area (Å²) >= 11 is 6.27. The molecule has 1 aromatic heterocycles. The summed E-state index contributed by atoms with van der Waals surface area (Å²) in [5, 5.41) is 4.27. The Bertz CT molecular complexity index is 582. The number of nitrogens with zero attached hydrogens (tertiary/aromatic N) is 2. The van der Waals surface area contributed by atoms with Crippen molar-refractivity contribution in [1.82, 2.24) is 14.9 Å². The van der Waals surface area contributed by atoms with E-state index in [2.05, 4.69) is 29.9 Å². The molecule has 1 aliphatic rings. The molecule has 1 aromatic carbocycles. The number of aryl methyl sites for hydroxylation is 2. The molecule has 2 aromatic rings. The van der Waals surface area contributed by atoms with Crippen LogP contribution >= 0.6 is 11.6 Å². The molecule has 1 fully saturated rings. The second-order valence-corrected chi connectivity index (χ2v) is 5.61. The molecule has 0 amide bonds. The number of fused-ring (bicyclic) bond motifs is 1. The Kier molecular flexibility index (Phi) is 3.04. The first-order valence-electron chi connectivity index (χ1n) is 6.50. The summed E-state index contributed by atoms with van der Waals surface area (Å²) < 4.78 is 2.17. The molecule has 3 rings (SSSR count). The Labute approximate surface area is 112 Å². The molecular weight excluding hydrogens is 246 g/mol. The third-order valence-electron chi connectivity index (χ3n) is 3.77. The number of imidazole rings is 1. The standard InChI is InChI=1S/C14H18ClN3/c1-9-6-11(15)14-12(7-9)18(2)13(17-14)8-10-4-3-5-16-10/h6-7,10,16H,3-5,8H2,1-2H3. The molecule has 96 valence electrons. The first-order valence-corrected chi connectivity index (χ1v) is 6.88. The van der Waals surface area contributed by atoms with Crippen LogP contribution in [0.15, 0.2) is 12.1 Å². The molecule has 0 radical (unpaired) electrons. The molecule has 0 bridgehead atoms. The van der Waals surface area contributed by atoms with Crippen molar-refractivity contribution < 1.29 is 0 Å². The lowest BCUT2D eigenvalue weighted by Gasteiger charge is -2.09. The maximum absolute atomic E-state index is 6.27. The minimum atomic E-state index is 0.570. The van der Waals surface area contributed by atoms with Gasteiger partial charge >= 0.3 is 0 Å². The molecule has 0 spiro atoms. The van der Waals surface area contributed by atoms with Crippen molar-refractivity contribution in [1.29, 1.82) is 0 Å². The van der Waals surface area contributed by atoms with E-state index in [1.165, 1.54) is 18.4 Å². The maximum Gasteiger partial charge on any atom is 0.111 e. The highest BCUT2D eigenvalue weighted by molar-refractivity contribution is 6.35. The Balaban J connectivity index is 2.02. The average molecular weight is 264 g/mol. The normalized spacial score (nSPS) is 19.8. The van der Waals surface area contributed by atoms with Crippen LogP contribution in [0.5, 0.6) is 0 Å². The van der Waals surface area contributed by atoms with Crippen molar-refractivity contribution in [2.75, 3.05) is 6.54 Å². The molecule has 0 aliphatic carbocycles. The van der Waals surface area contributed by atoms with E-state index in [4.69, 9.17) is 16.6 Å². The van der Waals surface area contributed by atoms with Gasteiger partial charge in [-0.2, -0.15) is 0 Å². The van der Waals surface area contributed by atoms with Crippen LogP contribution in [-0.4, -0.2) is 22.1 Å². The van der Waals surface area contributed by atoms with Crippen molar-refractivity contribution in [2.45, 2.75) is 32.2 Å². The van der Waals surface area contributed by atoms with Gasteiger partial charge in [0.2, 0.25) is 0 Å². The predicted molar refractivity (Wildman–Crippen MR) is 75.2 cm³/mol. The topological polar surface area (TPSA) is 29.9 Å². The smallest absolute Gasteiger partial charge is 0.111 e. The monoisotopic (exact) mass is 263 g/mol. The molecule has 1 aliphatic heterocycles. The van der Waals surface area contributed by atoms with Crippen LogP contribution in [0.4, 0.5) is 0 Å². The third kappa shape index (κ3) is 2.02. The zero-order valence-corrected chi connectivity index (χ0v) is 11.6. The highest BCUT2D eigenvalue weighted by atomic mass is 35.5. The van der Waals surface area contributed by atoms with Crippen molar-refractivity contribution in [2.24, 2.45) is 7.05 Å². The van der Waals surface area contributed by atoms with Crippen molar-refractivity contribution in [3.8, 4) is 0 Å². The van der Waals surface area contributed by atoms with E-state index in [0.717, 1.165) is 34.8 Å². The van der Waals surface area contributed by atoms with E-state index >= 15 is 0 Å². The van der Waals surface area contributed by atoms with Gasteiger partial charge in [-0.25, -0.2) is 4.98 Å². The van der Waals surface area contributed by atoms with E-state index in [0.29, 0.717) is 6.04 Å². The van der Waals surface area contributed by atoms with Crippen LogP contribution in [0.2, 0.25) is 5.02 Å². The lowest BCUT2D eigenvalue weighted by atomic mass is 10.1. The second-order valence-electron chi connectivity index (χ2n) is 5.20. The molecule has 1 saturated heterocycles. The van der Waals surface area contributed by atoms with Gasteiger partial charge in [0, 0.05) is 19.5 Å². The molecule has 1 N–H and O–H groups in total. The molecule has 1 atom stereocenters. The molecule has 4 heteroatoms. The molecule has 0 saturated carbocycles. The largest absolute Gasteiger partial charge is 0.331 e. The fourth-order valence-corrected chi connectivity index (χ4v) is 3.07. The van der Waals surface area contributed by atoms with Crippen molar-refractivity contribution in [3.63, 3.8) is 0 Å². The van der Waals surface area contributed by atoms with Gasteiger partial charge in [0.25, 0.3) is 0 Å². The van der Waals surface area contributed by atoms with Gasteiger partial charge in [0.1, 0.15) is 11.3 Å². The Morgan fingerprint density at radius 3 is 3.06 bits per heavy atom. The first kappa shape index (κ1) is 12.0. The van der Waals surface area contributed by atoms with Crippen LogP contribution in [0.1, 0.15) is 24.2 Å². The van der Waals surface area contributed by atoms with Crippen LogP contribution in [0.3, 0.4) is 0 Å². The fraction of sp³-hybridized carbons (Fsp3) is 0.500. The average Bonchev–Trinajstić information content (AvgIpc) is 2.91. The SMILES string of the molecule is Cc1cc(Cl)c2nc(CC3CCCN3)n(C)c2c1. The van der Waals surface area contributed by atoms with Crippen molar-refractivity contribution >= 4 is 22.6 Å². The Morgan fingerprint density at radius 2 is 2.33 bits per heavy atom. The zero-order valence-electron chi connectivity index (χ0n) is 10.8. The highest BCUT2D eigenvalue weighted by Gasteiger charge is 2.18. The lowest BCUT2D eigenvalue weighted by molar-refractivity contribution is 0.575. The molecule has 2 heterocycles. The van der Waals surface area contributed by atoms with E-state index in [1.807, 2.05) is 6.07 Å². The minimum Gasteiger partial charge on any atom is -0.331 e. The molecule has 1 unspecified atom stereocenters. The van der Waals surface area contributed by atoms with Crippen LogP contribution in [0.25, 0.3) is 11.0 Å². The first-order chi connectivity index (χ1) is 8.65. The highest BCUT2D eigenvalue weighted by Crippen LogP contribution is 2.26. The number of benzene rings is 1. The lowest BCUT2D eigenvalue weighted by Crippen LogP contribution is -2.25. The molecule has 18 heavy (non-hydrogen) atoms. The van der Waals surface area contributed by atoms with Gasteiger partial charge < -0.3 is 9.88 Å². The summed E-state index contributed by atoms with van der Waals surface area (Å²) in [5.41, 5.74) is 3.24. The summed E-state index contributed by atoms with van der Waals surface area (Å²) in [7, 11) is 2.08. The Morgan fingerprint density at radius 1 is 1.50 bits per heavy atom. The fourth-order valence-electron chi connectivity index (χ4n) is 2.76. The van der Waals surface area contributed by atoms with Crippen LogP contribution < -0.4 is 5.32 Å². The summed E-state index contributed by atoms with van der Waals surface area (Å²) in [6, 6.07) is 4.70. The van der Waals surface area contributed by atoms with E-state index in [9.17, 15) is 0 Å². The molecule has 3 nitrogen and oxygen atoms in total. The van der Waals surface area contributed by atoms with Crippen LogP contribution in [-0.2, 0) is 13.5 Å². The van der Waals surface area contributed by atoms with Crippen molar-refractivity contribution in [3.05, 3.63) is 28.5 Å². The van der Waals surface area contributed by atoms with Gasteiger partial charge in [-0.3, -0.25) is 0 Å². The number of aromatic nitrogens is 2. The van der Waals surface area contributed by atoms with Crippen LogP contribution in [0, 0.1) is 6.92 Å². The summed E-state index contributed by atoms with van der Waals surface area (Å²) in [6.07, 6.45) is 3.50. The van der Waals surface area contributed by atoms with Gasteiger partial charge in [-0.1, -0.05) is 11.6 Å². The second kappa shape index (κ2) is 4.56. The number of halogens is 1. The van der Waals surface area contributed by atoms with Gasteiger partial charge in [0.15, 0.2) is 0 Å². The van der Waals surface area contributed by atoms with Gasteiger partial charge in [0.05, 0.1) is 10.5 Å². The number of rotatable bonds is 2. The summed E-state index contributed by atoms with van der Waals surface area (Å²) in [6.45, 7) is 3.20. The summed E-state index contributed by atoms with van der Waals surface area (Å²) in [5.74, 6) is 1.12. The van der Waals surface area contributed by atoms with E-state index in [1.54, 1.807) is 0 Å². The number of hydrogen-bond acceptors (Lipinski definition) is 2. The zero-order chi connectivity index (χ0) is 12.7. The van der Waals surface area contributed by atoms with E-state index < -0.39 is 0 Å². The van der Waals surface area contributed by atoms with E-state index in [-0.39, 0.29) is 0 Å². The summed E-state index contributed by atoms with van der Waals surface area (Å²) in [4.78, 5) is 4.71.